The zero-order valence-corrected chi connectivity index (χ0v) is 73.0. The molecule has 0 saturated heterocycles. The van der Waals surface area contributed by atoms with Crippen LogP contribution in [0.25, 0.3) is 105 Å². The molecule has 19 rings (SSSR count). The van der Waals surface area contributed by atoms with E-state index in [4.69, 9.17) is 0 Å². The number of anilines is 4. The maximum atomic E-state index is 10.0. The molecule has 5 heteroatoms. The topological polar surface area (TPSA) is 16.3 Å². The van der Waals surface area contributed by atoms with E-state index in [2.05, 4.69) is 426 Å². The molecule has 15 aromatic carbocycles. The van der Waals surface area contributed by atoms with Crippen molar-refractivity contribution in [3.63, 3.8) is 0 Å². The summed E-state index contributed by atoms with van der Waals surface area (Å²) in [6.45, 7) is 36.4. The van der Waals surface area contributed by atoms with Crippen LogP contribution in [0.3, 0.4) is 0 Å². The molecule has 2 aromatic heterocycles. The fraction of sp³-hybridized carbons (Fsp3) is 0.224. The van der Waals surface area contributed by atoms with E-state index in [9.17, 15) is 5.48 Å². The van der Waals surface area contributed by atoms with Crippen molar-refractivity contribution in [3.05, 3.63) is 383 Å². The summed E-state index contributed by atoms with van der Waals surface area (Å²) in [5.41, 5.74) is 36.8. The van der Waals surface area contributed by atoms with E-state index in [-0.39, 0.29) is 58.0 Å². The Morgan fingerprint density at radius 1 is 0.289 bits per heavy atom. The van der Waals surface area contributed by atoms with E-state index in [0.717, 1.165) is 95.3 Å². The molecule has 0 saturated carbocycles. The van der Waals surface area contributed by atoms with E-state index >= 15 is 0 Å². The molecule has 4 nitrogen and oxygen atoms in total. The van der Waals surface area contributed by atoms with E-state index in [1.165, 1.54) is 100.0 Å². The summed E-state index contributed by atoms with van der Waals surface area (Å²) < 4.78 is 43.3. The smallest absolute Gasteiger partial charge is 0.252 e. The minimum absolute atomic E-state index is 0.0438. The van der Waals surface area contributed by atoms with Crippen molar-refractivity contribution in [1.82, 2.24) is 9.13 Å². The van der Waals surface area contributed by atoms with Gasteiger partial charge in [-0.1, -0.05) is 353 Å². The minimum atomic E-state index is -0.247. The fourth-order valence-corrected chi connectivity index (χ4v) is 19.2. The van der Waals surface area contributed by atoms with Gasteiger partial charge in [0.2, 0.25) is 0 Å². The Hall–Kier alpha value is -12.4. The molecular weight excluding hydrogens is 1460 g/mol. The molecule has 2 aliphatic heterocycles. The summed E-state index contributed by atoms with van der Waals surface area (Å²) in [6.07, 6.45) is 1.96. The Labute approximate surface area is 723 Å². The molecule has 0 N–H and O–H groups in total. The van der Waals surface area contributed by atoms with Crippen LogP contribution in [0, 0.1) is 0 Å². The van der Waals surface area contributed by atoms with Gasteiger partial charge in [-0.2, -0.15) is 0 Å². The lowest BCUT2D eigenvalue weighted by atomic mass is 9.33. The highest BCUT2D eigenvalue weighted by atomic mass is 15.2. The van der Waals surface area contributed by atoms with Gasteiger partial charge in [-0.3, -0.25) is 0 Å². The number of rotatable bonds is 16. The lowest BCUT2D eigenvalue weighted by Crippen LogP contribution is -2.62. The summed E-state index contributed by atoms with van der Waals surface area (Å²) in [5.74, 6) is 0. The number of para-hydroxylation sites is 3. The molecule has 0 fully saturated rings. The summed E-state index contributed by atoms with van der Waals surface area (Å²) in [7, 11) is 0. The lowest BCUT2D eigenvalue weighted by Gasteiger charge is -2.45. The van der Waals surface area contributed by atoms with Crippen LogP contribution in [0.2, 0.25) is 0 Å². The second-order valence-electron chi connectivity index (χ2n) is 39.4. The van der Waals surface area contributed by atoms with Gasteiger partial charge in [0, 0.05) is 80.6 Å². The molecular formula is C116H111BN4. The molecule has 121 heavy (non-hydrogen) atoms. The number of hydrogen-bond acceptors (Lipinski definition) is 2. The van der Waals surface area contributed by atoms with Crippen molar-refractivity contribution in [2.24, 2.45) is 0 Å². The van der Waals surface area contributed by atoms with Gasteiger partial charge >= 0.3 is 0 Å². The number of benzene rings is 15. The maximum absolute atomic E-state index is 10.0. The van der Waals surface area contributed by atoms with Gasteiger partial charge in [0.1, 0.15) is 0 Å². The number of fused-ring (bicyclic) bond motifs is 10. The standard InChI is InChI=1S/C116H111BN4/c1-112(2,3)88-61-78(62-89(70-88)113(4,5)6)58-76-48-51-101-107(63-76)119(57-55-94-98(82-38-24-18-25-39-82)72-92(116(13,14)15)73-99(94)83-40-26-19-27-41-83)109-64-77(54-56-118-103-45-31-28-44-97(103)100-74-93(50-53-104(100)118)121-105-46-32-29-42-95(105)96-43-30-33-47-106(96)121)65-110-111(109)117(101)102-52-49-84(87-67-90(114(7,8)9)71-91(68-87)115(10,11)12)69-108(102)120(110)75-79-59-85(80-34-20-16-21-35-80)66-86(60-79)81-36-22-17-23-37-81/h16-53,59-74H,54-58,75H2,1-15H3/i28D,31D,44D,45D. The number of hydrogen-bond donors (Lipinski definition) is 0. The van der Waals surface area contributed by atoms with Crippen LogP contribution in [0.4, 0.5) is 22.7 Å². The van der Waals surface area contributed by atoms with Gasteiger partial charge in [-0.25, -0.2) is 0 Å². The maximum Gasteiger partial charge on any atom is 0.252 e. The highest BCUT2D eigenvalue weighted by Gasteiger charge is 2.44. The normalized spacial score (nSPS) is 13.5. The third-order valence-electron chi connectivity index (χ3n) is 25.9. The largest absolute Gasteiger partial charge is 0.342 e. The van der Waals surface area contributed by atoms with Gasteiger partial charge in [0.05, 0.1) is 16.5 Å². The molecule has 17 aromatic rings. The third kappa shape index (κ3) is 14.9. The lowest BCUT2D eigenvalue weighted by molar-refractivity contribution is 0.567. The van der Waals surface area contributed by atoms with E-state index < -0.39 is 0 Å². The minimum Gasteiger partial charge on any atom is -0.342 e. The highest BCUT2D eigenvalue weighted by molar-refractivity contribution is 7.00. The fourth-order valence-electron chi connectivity index (χ4n) is 19.2. The van der Waals surface area contributed by atoms with Crippen LogP contribution in [0.1, 0.15) is 165 Å². The van der Waals surface area contributed by atoms with Gasteiger partial charge in [-0.15, -0.1) is 0 Å². The zero-order chi connectivity index (χ0) is 87.1. The molecule has 598 valence electrons. The first kappa shape index (κ1) is 73.7. The summed E-state index contributed by atoms with van der Waals surface area (Å²) in [4.78, 5) is 5.41. The van der Waals surface area contributed by atoms with Crippen molar-refractivity contribution in [2.75, 3.05) is 16.3 Å². The zero-order valence-electron chi connectivity index (χ0n) is 77.0. The van der Waals surface area contributed by atoms with Crippen molar-refractivity contribution in [1.29, 1.82) is 0 Å². The number of aryl methyl sites for hydroxylation is 2. The van der Waals surface area contributed by atoms with Gasteiger partial charge in [0.25, 0.3) is 6.71 Å². The number of aromatic nitrogens is 2. The van der Waals surface area contributed by atoms with Crippen LogP contribution < -0.4 is 26.2 Å². The van der Waals surface area contributed by atoms with E-state index in [0.29, 0.717) is 43.4 Å². The third-order valence-corrected chi connectivity index (χ3v) is 25.9. The Balaban J connectivity index is 0.883. The van der Waals surface area contributed by atoms with Crippen LogP contribution in [-0.4, -0.2) is 22.4 Å². The Bertz CT molecular complexity index is 6870. The monoisotopic (exact) mass is 1570 g/mol. The summed E-state index contributed by atoms with van der Waals surface area (Å²) >= 11 is 0. The van der Waals surface area contributed by atoms with Crippen molar-refractivity contribution >= 4 is 89.5 Å². The van der Waals surface area contributed by atoms with Crippen LogP contribution in [0.5, 0.6) is 0 Å². The quantitative estimate of drug-likeness (QED) is 0.0897. The molecule has 2 aliphatic rings. The summed E-state index contributed by atoms with van der Waals surface area (Å²) in [6, 6.07) is 114. The van der Waals surface area contributed by atoms with E-state index in [1.807, 2.05) is 0 Å². The number of nitrogens with zero attached hydrogens (tertiary/aromatic N) is 4. The average molecular weight is 1580 g/mol. The Morgan fingerprint density at radius 3 is 1.30 bits per heavy atom. The predicted molar refractivity (Wildman–Crippen MR) is 521 cm³/mol. The first-order valence-electron chi connectivity index (χ1n) is 45.6. The van der Waals surface area contributed by atoms with Gasteiger partial charge in [0.15, 0.2) is 0 Å². The van der Waals surface area contributed by atoms with Crippen LogP contribution in [-0.2, 0) is 59.4 Å². The molecule has 0 spiro atoms. The molecule has 0 aliphatic carbocycles. The highest BCUT2D eigenvalue weighted by Crippen LogP contribution is 2.47. The molecule has 0 bridgehead atoms. The molecule has 0 unspecified atom stereocenters. The second-order valence-corrected chi connectivity index (χ2v) is 39.4. The SMILES string of the molecule is [2H]c1c([2H])c([2H])c2c(c1[2H])c1cc(-n3c4ccccc4c4ccccc43)ccc1n2CCc1cc2c3c(c1)N(Cc1cc(-c4ccccc4)cc(-c4ccccc4)c1)c1cc(-c4cc(C(C)(C)C)cc(C(C)(C)C)c4)ccc1B3c1ccc(Cc3cc(C(C)(C)C)cc(C(C)(C)C)c3)cc1N2CCc1c(-c2ccccc2)cc(C(C)(C)C)cc1-c1ccccc1. The van der Waals surface area contributed by atoms with Crippen molar-refractivity contribution in [2.45, 2.75) is 163 Å². The van der Waals surface area contributed by atoms with Crippen molar-refractivity contribution < 1.29 is 5.48 Å². The average Bonchev–Trinajstić information content (AvgIpc) is 1.70. The predicted octanol–water partition coefficient (Wildman–Crippen LogP) is 28.4. The first-order chi connectivity index (χ1) is 59.8. The van der Waals surface area contributed by atoms with Crippen molar-refractivity contribution in [3.8, 4) is 61.3 Å². The first-order valence-corrected chi connectivity index (χ1v) is 43.6. The van der Waals surface area contributed by atoms with Gasteiger partial charge in [-0.05, 0) is 253 Å². The van der Waals surface area contributed by atoms with Crippen LogP contribution in [0.15, 0.2) is 327 Å². The molecule has 0 amide bonds. The molecule has 0 atom stereocenters. The Kier molecular flexibility index (Phi) is 18.5. The second kappa shape index (κ2) is 30.4. The summed E-state index contributed by atoms with van der Waals surface area (Å²) in [5, 5.41) is 3.59. The molecule has 0 radical (unpaired) electrons. The Morgan fingerprint density at radius 2 is 0.752 bits per heavy atom. The van der Waals surface area contributed by atoms with Crippen LogP contribution >= 0.6 is 0 Å². The molecule has 4 heterocycles. The van der Waals surface area contributed by atoms with E-state index in [1.54, 1.807) is 0 Å². The van der Waals surface area contributed by atoms with Gasteiger partial charge < -0.3 is 18.9 Å².